The van der Waals surface area contributed by atoms with Gasteiger partial charge in [-0.3, -0.25) is 9.59 Å². The van der Waals surface area contributed by atoms with Gasteiger partial charge in [0.2, 0.25) is 10.0 Å². The van der Waals surface area contributed by atoms with Crippen LogP contribution in [0.5, 0.6) is 0 Å². The lowest BCUT2D eigenvalue weighted by Crippen LogP contribution is -2.40. The van der Waals surface area contributed by atoms with Gasteiger partial charge in [-0.25, -0.2) is 13.1 Å². The van der Waals surface area contributed by atoms with E-state index in [1.807, 2.05) is 0 Å². The first-order valence-electron chi connectivity index (χ1n) is 9.57. The Morgan fingerprint density at radius 3 is 1.56 bits per heavy atom. The van der Waals surface area contributed by atoms with Gasteiger partial charge in [0, 0.05) is 29.8 Å². The molecule has 0 unspecified atom stereocenters. The van der Waals surface area contributed by atoms with E-state index >= 15 is 0 Å². The van der Waals surface area contributed by atoms with Crippen molar-refractivity contribution in [2.45, 2.75) is 37.4 Å². The van der Waals surface area contributed by atoms with Crippen molar-refractivity contribution in [1.82, 2.24) is 15.4 Å². The zero-order chi connectivity index (χ0) is 24.2. The lowest BCUT2D eigenvalue weighted by molar-refractivity contribution is -0.137. The van der Waals surface area contributed by atoms with Gasteiger partial charge in [0.05, 0.1) is 10.5 Å². The number of hydrogen-bond acceptors (Lipinski definition) is 4. The number of halogens is 3. The molecule has 0 saturated heterocycles. The van der Waals surface area contributed by atoms with Crippen molar-refractivity contribution in [3.8, 4) is 0 Å². The molecule has 0 aromatic heterocycles. The van der Waals surface area contributed by atoms with Crippen molar-refractivity contribution in [3.63, 3.8) is 0 Å². The van der Waals surface area contributed by atoms with E-state index in [9.17, 15) is 31.2 Å². The van der Waals surface area contributed by atoms with Crippen LogP contribution in [-0.4, -0.2) is 38.9 Å². The summed E-state index contributed by atoms with van der Waals surface area (Å²) < 4.78 is 64.7. The monoisotopic (exact) mass is 471 g/mol. The molecule has 0 saturated carbocycles. The molecule has 0 aliphatic carbocycles. The normalized spacial score (nSPS) is 12.3. The van der Waals surface area contributed by atoms with Crippen LogP contribution in [0, 0.1) is 0 Å². The molecule has 0 radical (unpaired) electrons. The smallest absolute Gasteiger partial charge is 0.350 e. The van der Waals surface area contributed by atoms with Gasteiger partial charge in [-0.1, -0.05) is 0 Å². The number of carbonyl (C=O) groups excluding carboxylic acids is 2. The average Bonchev–Trinajstić information content (AvgIpc) is 2.68. The number of sulfonamides is 1. The van der Waals surface area contributed by atoms with E-state index in [4.69, 9.17) is 0 Å². The summed E-state index contributed by atoms with van der Waals surface area (Å²) >= 11 is 0. The molecule has 0 fully saturated rings. The molecule has 2 rings (SSSR count). The molecule has 11 heteroatoms. The van der Waals surface area contributed by atoms with Gasteiger partial charge in [0.1, 0.15) is 0 Å². The van der Waals surface area contributed by atoms with Crippen molar-refractivity contribution in [2.75, 3.05) is 13.1 Å². The minimum absolute atomic E-state index is 0.0211. The summed E-state index contributed by atoms with van der Waals surface area (Å²) in [7, 11) is -3.72. The maximum absolute atomic E-state index is 12.6. The Balaban J connectivity index is 1.85. The zero-order valence-electron chi connectivity index (χ0n) is 17.7. The van der Waals surface area contributed by atoms with Gasteiger partial charge in [-0.2, -0.15) is 13.2 Å². The van der Waals surface area contributed by atoms with E-state index in [0.717, 1.165) is 24.3 Å². The summed E-state index contributed by atoms with van der Waals surface area (Å²) in [6.45, 7) is 5.25. The highest BCUT2D eigenvalue weighted by atomic mass is 32.2. The van der Waals surface area contributed by atoms with Gasteiger partial charge in [0.15, 0.2) is 0 Å². The van der Waals surface area contributed by atoms with Crippen molar-refractivity contribution < 1.29 is 31.2 Å². The summed E-state index contributed by atoms with van der Waals surface area (Å²) in [6, 6.07) is 9.14. The van der Waals surface area contributed by atoms with Crippen LogP contribution < -0.4 is 15.4 Å². The minimum Gasteiger partial charge on any atom is -0.350 e. The van der Waals surface area contributed by atoms with Crippen LogP contribution in [0.15, 0.2) is 53.4 Å². The van der Waals surface area contributed by atoms with Crippen LogP contribution in [-0.2, 0) is 16.2 Å². The predicted octanol–water partition coefficient (Wildman–Crippen LogP) is 2.94. The predicted molar refractivity (Wildman–Crippen MR) is 113 cm³/mol. The zero-order valence-corrected chi connectivity index (χ0v) is 18.5. The average molecular weight is 472 g/mol. The van der Waals surface area contributed by atoms with Crippen LogP contribution in [0.1, 0.15) is 47.1 Å². The third-order valence-corrected chi connectivity index (χ3v) is 5.81. The first-order valence-corrected chi connectivity index (χ1v) is 11.0. The summed E-state index contributed by atoms with van der Waals surface area (Å²) in [5.74, 6) is -1.05. The second-order valence-electron chi connectivity index (χ2n) is 7.97. The number of hydrogen-bond donors (Lipinski definition) is 3. The first-order chi connectivity index (χ1) is 14.7. The van der Waals surface area contributed by atoms with Crippen LogP contribution in [0.4, 0.5) is 13.2 Å². The molecule has 7 nitrogen and oxygen atoms in total. The number of amides is 2. The highest BCUT2D eigenvalue weighted by Crippen LogP contribution is 2.29. The number of benzene rings is 2. The van der Waals surface area contributed by atoms with Crippen LogP contribution >= 0.6 is 0 Å². The molecule has 2 aromatic carbocycles. The van der Waals surface area contributed by atoms with Gasteiger partial charge < -0.3 is 10.6 Å². The van der Waals surface area contributed by atoms with Crippen molar-refractivity contribution in [1.29, 1.82) is 0 Å². The van der Waals surface area contributed by atoms with E-state index in [1.165, 1.54) is 24.3 Å². The van der Waals surface area contributed by atoms with E-state index < -0.39 is 39.1 Å². The molecular weight excluding hydrogens is 447 g/mol. The lowest BCUT2D eigenvalue weighted by atomic mass is 10.1. The lowest BCUT2D eigenvalue weighted by Gasteiger charge is -2.20. The number of carbonyl (C=O) groups is 2. The maximum atomic E-state index is 12.6. The van der Waals surface area contributed by atoms with Crippen LogP contribution in [0.25, 0.3) is 0 Å². The molecule has 0 heterocycles. The van der Waals surface area contributed by atoms with Crippen LogP contribution in [0.2, 0.25) is 0 Å². The number of rotatable bonds is 7. The molecule has 2 aromatic rings. The number of nitrogens with one attached hydrogen (secondary N) is 3. The second-order valence-corrected chi connectivity index (χ2v) is 9.65. The first kappa shape index (κ1) is 25.3. The quantitative estimate of drug-likeness (QED) is 0.540. The highest BCUT2D eigenvalue weighted by molar-refractivity contribution is 7.89. The van der Waals surface area contributed by atoms with E-state index in [2.05, 4.69) is 15.4 Å². The van der Waals surface area contributed by atoms with E-state index in [1.54, 1.807) is 20.8 Å². The largest absolute Gasteiger partial charge is 0.416 e. The molecule has 0 aliphatic rings. The summed E-state index contributed by atoms with van der Waals surface area (Å²) in [5.41, 5.74) is -1.22. The Kier molecular flexibility index (Phi) is 7.68. The van der Waals surface area contributed by atoms with Crippen LogP contribution in [0.3, 0.4) is 0 Å². The summed E-state index contributed by atoms with van der Waals surface area (Å²) in [4.78, 5) is 24.2. The van der Waals surface area contributed by atoms with Crippen molar-refractivity contribution in [2.24, 2.45) is 0 Å². The number of alkyl halides is 3. The highest BCUT2D eigenvalue weighted by Gasteiger charge is 2.30. The SMILES string of the molecule is CC(C)(C)NS(=O)(=O)c1ccc(C(=O)NCCNC(=O)c2ccc(C(F)(F)F)cc2)cc1. The van der Waals surface area contributed by atoms with Gasteiger partial charge in [0.25, 0.3) is 11.8 Å². The summed E-state index contributed by atoms with van der Waals surface area (Å²) in [6.07, 6.45) is -4.48. The summed E-state index contributed by atoms with van der Waals surface area (Å²) in [5, 5.41) is 5.06. The van der Waals surface area contributed by atoms with Crippen molar-refractivity contribution >= 4 is 21.8 Å². The van der Waals surface area contributed by atoms with Gasteiger partial charge in [-0.15, -0.1) is 0 Å². The Hall–Kier alpha value is -2.92. The molecule has 3 N–H and O–H groups in total. The molecule has 174 valence electrons. The van der Waals surface area contributed by atoms with Crippen molar-refractivity contribution in [3.05, 3.63) is 65.2 Å². The third-order valence-electron chi connectivity index (χ3n) is 4.04. The topological polar surface area (TPSA) is 104 Å². The molecule has 0 atom stereocenters. The molecular formula is C21H24F3N3O4S. The Morgan fingerprint density at radius 1 is 0.781 bits per heavy atom. The molecule has 2 amide bonds. The Labute approximate surface area is 184 Å². The fourth-order valence-electron chi connectivity index (χ4n) is 2.61. The maximum Gasteiger partial charge on any atom is 0.416 e. The standard InChI is InChI=1S/C21H24F3N3O4S/c1-20(2,3)27-32(30,31)17-10-6-15(7-11-17)19(29)26-13-12-25-18(28)14-4-8-16(9-5-14)21(22,23)24/h4-11,27H,12-13H2,1-3H3,(H,25,28)(H,26,29). The van der Waals surface area contributed by atoms with Gasteiger partial charge in [-0.05, 0) is 69.3 Å². The molecule has 0 aliphatic heterocycles. The molecule has 0 spiro atoms. The Morgan fingerprint density at radius 2 is 1.19 bits per heavy atom. The van der Waals surface area contributed by atoms with E-state index in [-0.39, 0.29) is 29.1 Å². The fraction of sp³-hybridized carbons (Fsp3) is 0.333. The second kappa shape index (κ2) is 9.70. The Bertz CT molecular complexity index is 1060. The molecule has 0 bridgehead atoms. The minimum atomic E-state index is -4.48. The third kappa shape index (κ3) is 7.34. The fourth-order valence-corrected chi connectivity index (χ4v) is 4.03. The molecule has 32 heavy (non-hydrogen) atoms. The van der Waals surface area contributed by atoms with Gasteiger partial charge >= 0.3 is 6.18 Å². The van der Waals surface area contributed by atoms with E-state index in [0.29, 0.717) is 0 Å².